The average Bonchev–Trinajstić information content (AvgIpc) is 2.27. The van der Waals surface area contributed by atoms with Crippen LogP contribution in [0.25, 0.3) is 10.8 Å². The fourth-order valence-corrected chi connectivity index (χ4v) is 1.77. The zero-order valence-corrected chi connectivity index (χ0v) is 8.09. The maximum Gasteiger partial charge on any atom is 0.488 e. The van der Waals surface area contributed by atoms with Gasteiger partial charge < -0.3 is 15.2 Å². The Morgan fingerprint density at radius 1 is 1.00 bits per heavy atom. The van der Waals surface area contributed by atoms with Crippen molar-refractivity contribution in [2.24, 2.45) is 0 Å². The molecule has 0 saturated carbocycles. The van der Waals surface area contributed by atoms with Gasteiger partial charge in [-0.15, -0.1) is 0 Å². The third kappa shape index (κ3) is 1.75. The fraction of sp³-hybridized carbons (Fsp3) is 0.0909. The molecule has 0 aliphatic carbocycles. The van der Waals surface area contributed by atoms with Crippen molar-refractivity contribution in [2.75, 3.05) is 0 Å². The van der Waals surface area contributed by atoms with Gasteiger partial charge >= 0.3 is 7.12 Å². The van der Waals surface area contributed by atoms with Gasteiger partial charge in [0.15, 0.2) is 0 Å². The molecule has 0 unspecified atom stereocenters. The Balaban J connectivity index is 2.75. The van der Waals surface area contributed by atoms with E-state index in [4.69, 9.17) is 10.0 Å². The van der Waals surface area contributed by atoms with Crippen LogP contribution < -0.4 is 5.46 Å². The van der Waals surface area contributed by atoms with Gasteiger partial charge in [0.05, 0.1) is 6.61 Å². The molecule has 0 radical (unpaired) electrons. The van der Waals surface area contributed by atoms with Crippen molar-refractivity contribution >= 4 is 23.4 Å². The highest BCUT2D eigenvalue weighted by atomic mass is 16.4. The molecule has 15 heavy (non-hydrogen) atoms. The zero-order chi connectivity index (χ0) is 10.8. The molecule has 0 spiro atoms. The van der Waals surface area contributed by atoms with Crippen LogP contribution in [-0.4, -0.2) is 22.3 Å². The van der Waals surface area contributed by atoms with Crippen molar-refractivity contribution in [3.05, 3.63) is 42.0 Å². The van der Waals surface area contributed by atoms with Gasteiger partial charge in [0.2, 0.25) is 0 Å². The number of aliphatic hydroxyl groups is 1. The largest absolute Gasteiger partial charge is 0.488 e. The fourth-order valence-electron chi connectivity index (χ4n) is 1.77. The van der Waals surface area contributed by atoms with E-state index in [-0.39, 0.29) is 6.61 Å². The minimum atomic E-state index is -1.54. The first-order valence-corrected chi connectivity index (χ1v) is 4.71. The van der Waals surface area contributed by atoms with E-state index in [1.165, 1.54) is 0 Å². The predicted octanol–water partition coefficient (Wildman–Crippen LogP) is 0.0119. The van der Waals surface area contributed by atoms with Crippen LogP contribution in [0, 0.1) is 0 Å². The number of rotatable bonds is 2. The third-order valence-corrected chi connectivity index (χ3v) is 2.51. The normalized spacial score (nSPS) is 10.6. The minimum absolute atomic E-state index is 0.200. The number of hydrogen-bond acceptors (Lipinski definition) is 3. The topological polar surface area (TPSA) is 60.7 Å². The SMILES string of the molecule is OCc1c(B(O)O)ccc2ccccc12. The second kappa shape index (κ2) is 4.02. The Bertz CT molecular complexity index is 482. The first-order chi connectivity index (χ1) is 7.24. The number of hydrogen-bond donors (Lipinski definition) is 3. The molecule has 2 rings (SSSR count). The lowest BCUT2D eigenvalue weighted by atomic mass is 9.75. The number of aliphatic hydroxyl groups excluding tert-OH is 1. The maximum atomic E-state index is 9.24. The van der Waals surface area contributed by atoms with Gasteiger partial charge in [-0.1, -0.05) is 36.4 Å². The van der Waals surface area contributed by atoms with Crippen molar-refractivity contribution in [3.63, 3.8) is 0 Å². The lowest BCUT2D eigenvalue weighted by molar-refractivity contribution is 0.283. The lowest BCUT2D eigenvalue weighted by Gasteiger charge is -2.09. The molecule has 0 fully saturated rings. The second-order valence-electron chi connectivity index (χ2n) is 3.39. The molecule has 2 aromatic carbocycles. The summed E-state index contributed by atoms with van der Waals surface area (Å²) in [6, 6.07) is 11.0. The Morgan fingerprint density at radius 3 is 2.40 bits per heavy atom. The Labute approximate surface area is 87.8 Å². The second-order valence-corrected chi connectivity index (χ2v) is 3.39. The summed E-state index contributed by atoms with van der Waals surface area (Å²) in [4.78, 5) is 0. The van der Waals surface area contributed by atoms with Gasteiger partial charge in [-0.3, -0.25) is 0 Å². The highest BCUT2D eigenvalue weighted by Crippen LogP contribution is 2.17. The molecular weight excluding hydrogens is 191 g/mol. The molecule has 2 aromatic rings. The first kappa shape index (κ1) is 10.2. The standard InChI is InChI=1S/C11H11BO3/c13-7-10-9-4-2-1-3-8(9)5-6-11(10)12(14)15/h1-6,13-15H,7H2. The van der Waals surface area contributed by atoms with E-state index in [9.17, 15) is 5.11 Å². The lowest BCUT2D eigenvalue weighted by Crippen LogP contribution is -2.33. The van der Waals surface area contributed by atoms with Gasteiger partial charge in [0, 0.05) is 0 Å². The van der Waals surface area contributed by atoms with Gasteiger partial charge in [0.1, 0.15) is 0 Å². The van der Waals surface area contributed by atoms with Crippen molar-refractivity contribution in [1.29, 1.82) is 0 Å². The van der Waals surface area contributed by atoms with E-state index >= 15 is 0 Å². The van der Waals surface area contributed by atoms with Crippen molar-refractivity contribution < 1.29 is 15.2 Å². The van der Waals surface area contributed by atoms with Crippen molar-refractivity contribution in [3.8, 4) is 0 Å². The molecule has 0 saturated heterocycles. The molecule has 0 aliphatic heterocycles. The van der Waals surface area contributed by atoms with Gasteiger partial charge in [0.25, 0.3) is 0 Å². The summed E-state index contributed by atoms with van der Waals surface area (Å²) in [6.45, 7) is -0.200. The van der Waals surface area contributed by atoms with E-state index in [1.54, 1.807) is 6.07 Å². The van der Waals surface area contributed by atoms with E-state index in [2.05, 4.69) is 0 Å². The zero-order valence-electron chi connectivity index (χ0n) is 8.09. The highest BCUT2D eigenvalue weighted by molar-refractivity contribution is 6.59. The molecule has 76 valence electrons. The molecule has 3 N–H and O–H groups in total. The third-order valence-electron chi connectivity index (χ3n) is 2.51. The van der Waals surface area contributed by atoms with E-state index in [0.717, 1.165) is 10.8 Å². The molecule has 0 atom stereocenters. The van der Waals surface area contributed by atoms with Gasteiger partial charge in [-0.05, 0) is 21.8 Å². The number of benzene rings is 2. The molecule has 0 aliphatic rings. The molecule has 0 bridgehead atoms. The first-order valence-electron chi connectivity index (χ1n) is 4.71. The summed E-state index contributed by atoms with van der Waals surface area (Å²) in [5.41, 5.74) is 0.930. The van der Waals surface area contributed by atoms with Crippen molar-refractivity contribution in [2.45, 2.75) is 6.61 Å². The Morgan fingerprint density at radius 2 is 1.73 bits per heavy atom. The summed E-state index contributed by atoms with van der Waals surface area (Å²) in [5, 5.41) is 29.4. The van der Waals surface area contributed by atoms with Crippen LogP contribution in [0.2, 0.25) is 0 Å². The Kier molecular flexibility index (Phi) is 2.73. The Hall–Kier alpha value is -1.36. The summed E-state index contributed by atoms with van der Waals surface area (Å²) < 4.78 is 0. The summed E-state index contributed by atoms with van der Waals surface area (Å²) in [7, 11) is -1.54. The summed E-state index contributed by atoms with van der Waals surface area (Å²) in [5.74, 6) is 0. The van der Waals surface area contributed by atoms with Crippen LogP contribution in [0.3, 0.4) is 0 Å². The van der Waals surface area contributed by atoms with E-state index < -0.39 is 7.12 Å². The molecule has 0 heterocycles. The molecular formula is C11H11BO3. The predicted molar refractivity (Wildman–Crippen MR) is 59.7 cm³/mol. The molecule has 0 amide bonds. The van der Waals surface area contributed by atoms with E-state index in [0.29, 0.717) is 11.0 Å². The molecule has 3 nitrogen and oxygen atoms in total. The summed E-state index contributed by atoms with van der Waals surface area (Å²) >= 11 is 0. The van der Waals surface area contributed by atoms with E-state index in [1.807, 2.05) is 30.3 Å². The minimum Gasteiger partial charge on any atom is -0.423 e. The van der Waals surface area contributed by atoms with Crippen LogP contribution in [0.1, 0.15) is 5.56 Å². The van der Waals surface area contributed by atoms with Gasteiger partial charge in [-0.2, -0.15) is 0 Å². The van der Waals surface area contributed by atoms with Crippen LogP contribution >= 0.6 is 0 Å². The maximum absolute atomic E-state index is 9.24. The van der Waals surface area contributed by atoms with Crippen LogP contribution in [0.15, 0.2) is 36.4 Å². The monoisotopic (exact) mass is 202 g/mol. The smallest absolute Gasteiger partial charge is 0.423 e. The van der Waals surface area contributed by atoms with Crippen LogP contribution in [-0.2, 0) is 6.61 Å². The summed E-state index contributed by atoms with van der Waals surface area (Å²) in [6.07, 6.45) is 0. The highest BCUT2D eigenvalue weighted by Gasteiger charge is 2.16. The van der Waals surface area contributed by atoms with Crippen LogP contribution in [0.4, 0.5) is 0 Å². The quantitative estimate of drug-likeness (QED) is 0.601. The average molecular weight is 202 g/mol. The van der Waals surface area contributed by atoms with Crippen molar-refractivity contribution in [1.82, 2.24) is 0 Å². The van der Waals surface area contributed by atoms with Crippen LogP contribution in [0.5, 0.6) is 0 Å². The molecule has 0 aromatic heterocycles. The van der Waals surface area contributed by atoms with Gasteiger partial charge in [-0.25, -0.2) is 0 Å². The molecule has 4 heteroatoms. The number of fused-ring (bicyclic) bond motifs is 1.